The lowest BCUT2D eigenvalue weighted by Crippen LogP contribution is -2.12. The molecule has 3 aromatic carbocycles. The summed E-state index contributed by atoms with van der Waals surface area (Å²) in [6.45, 7) is 0. The van der Waals surface area contributed by atoms with Crippen molar-refractivity contribution >= 4 is 35.2 Å². The summed E-state index contributed by atoms with van der Waals surface area (Å²) < 4.78 is 0. The lowest BCUT2D eigenvalue weighted by atomic mass is 10.0. The molecule has 0 bridgehead atoms. The Bertz CT molecular complexity index is 1010. The van der Waals surface area contributed by atoms with Crippen LogP contribution in [0.3, 0.4) is 0 Å². The number of amides is 1. The quantitative estimate of drug-likeness (QED) is 0.588. The SMILES string of the molecule is O=C(C=Cc1cccc(Cl)c1)Nc1cc(-c2ccccc2)ccc1C(=O)O. The maximum Gasteiger partial charge on any atom is 0.337 e. The number of hydrogen-bond donors (Lipinski definition) is 2. The Morgan fingerprint density at radius 2 is 1.67 bits per heavy atom. The molecule has 0 aliphatic heterocycles. The zero-order valence-electron chi connectivity index (χ0n) is 14.2. The molecule has 2 N–H and O–H groups in total. The number of aromatic carboxylic acids is 1. The van der Waals surface area contributed by atoms with Crippen molar-refractivity contribution in [3.63, 3.8) is 0 Å². The molecule has 0 atom stereocenters. The van der Waals surface area contributed by atoms with Crippen LogP contribution in [0.4, 0.5) is 5.69 Å². The topological polar surface area (TPSA) is 66.4 Å². The number of carbonyl (C=O) groups excluding carboxylic acids is 1. The Balaban J connectivity index is 1.85. The van der Waals surface area contributed by atoms with Gasteiger partial charge in [-0.15, -0.1) is 0 Å². The lowest BCUT2D eigenvalue weighted by Gasteiger charge is -2.10. The molecule has 0 spiro atoms. The van der Waals surface area contributed by atoms with Gasteiger partial charge in [0.1, 0.15) is 0 Å². The van der Waals surface area contributed by atoms with Gasteiger partial charge in [-0.25, -0.2) is 4.79 Å². The summed E-state index contributed by atoms with van der Waals surface area (Å²) in [6.07, 6.45) is 2.95. The van der Waals surface area contributed by atoms with E-state index < -0.39 is 11.9 Å². The Morgan fingerprint density at radius 1 is 0.889 bits per heavy atom. The Labute approximate surface area is 161 Å². The second kappa shape index (κ2) is 8.34. The predicted octanol–water partition coefficient (Wildman–Crippen LogP) is 5.36. The van der Waals surface area contributed by atoms with E-state index in [0.717, 1.165) is 16.7 Å². The number of benzene rings is 3. The molecule has 27 heavy (non-hydrogen) atoms. The highest BCUT2D eigenvalue weighted by Gasteiger charge is 2.13. The first-order valence-corrected chi connectivity index (χ1v) is 8.58. The summed E-state index contributed by atoms with van der Waals surface area (Å²) in [5, 5.41) is 12.6. The van der Waals surface area contributed by atoms with Gasteiger partial charge in [0.25, 0.3) is 0 Å². The van der Waals surface area contributed by atoms with Gasteiger partial charge >= 0.3 is 5.97 Å². The minimum absolute atomic E-state index is 0.0270. The van der Waals surface area contributed by atoms with Crippen LogP contribution in [0.15, 0.2) is 78.9 Å². The fourth-order valence-electron chi connectivity index (χ4n) is 2.60. The van der Waals surface area contributed by atoms with Crippen LogP contribution < -0.4 is 5.32 Å². The molecule has 0 radical (unpaired) electrons. The molecule has 0 saturated heterocycles. The van der Waals surface area contributed by atoms with Crippen LogP contribution in [-0.4, -0.2) is 17.0 Å². The molecule has 4 nitrogen and oxygen atoms in total. The normalized spacial score (nSPS) is 10.7. The van der Waals surface area contributed by atoms with Gasteiger partial charge in [-0.1, -0.05) is 60.1 Å². The van der Waals surface area contributed by atoms with E-state index in [0.29, 0.717) is 5.02 Å². The molecule has 0 fully saturated rings. The summed E-state index contributed by atoms with van der Waals surface area (Å²) in [7, 11) is 0. The number of hydrogen-bond acceptors (Lipinski definition) is 2. The molecule has 3 aromatic rings. The number of carbonyl (C=O) groups is 2. The number of carboxylic acid groups (broad SMARTS) is 1. The van der Waals surface area contributed by atoms with Gasteiger partial charge in [-0.3, -0.25) is 4.79 Å². The van der Waals surface area contributed by atoms with Crippen molar-refractivity contribution in [3.8, 4) is 11.1 Å². The number of halogens is 1. The number of rotatable bonds is 5. The lowest BCUT2D eigenvalue weighted by molar-refractivity contribution is -0.111. The molecule has 0 heterocycles. The van der Waals surface area contributed by atoms with E-state index in [1.165, 1.54) is 12.1 Å². The molecule has 134 valence electrons. The summed E-state index contributed by atoms with van der Waals surface area (Å²) in [4.78, 5) is 23.8. The summed E-state index contributed by atoms with van der Waals surface area (Å²) in [5.74, 6) is -1.54. The van der Waals surface area contributed by atoms with E-state index in [-0.39, 0.29) is 11.3 Å². The van der Waals surface area contributed by atoms with Gasteiger partial charge in [0.2, 0.25) is 5.91 Å². The van der Waals surface area contributed by atoms with Crippen LogP contribution >= 0.6 is 11.6 Å². The minimum Gasteiger partial charge on any atom is -0.478 e. The van der Waals surface area contributed by atoms with Crippen molar-refractivity contribution in [3.05, 3.63) is 95.0 Å². The average Bonchev–Trinajstić information content (AvgIpc) is 2.67. The Morgan fingerprint density at radius 3 is 2.37 bits per heavy atom. The van der Waals surface area contributed by atoms with Gasteiger partial charge in [0, 0.05) is 11.1 Å². The standard InChI is InChI=1S/C22H16ClNO3/c23-18-8-4-5-15(13-18)9-12-21(25)24-20-14-17(10-11-19(20)22(26)27)16-6-2-1-3-7-16/h1-14H,(H,24,25)(H,26,27). The van der Waals surface area contributed by atoms with E-state index in [1.807, 2.05) is 36.4 Å². The van der Waals surface area contributed by atoms with Crippen molar-refractivity contribution in [2.75, 3.05) is 5.32 Å². The van der Waals surface area contributed by atoms with Crippen LogP contribution in [-0.2, 0) is 4.79 Å². The highest BCUT2D eigenvalue weighted by molar-refractivity contribution is 6.30. The van der Waals surface area contributed by atoms with Crippen molar-refractivity contribution in [2.24, 2.45) is 0 Å². The van der Waals surface area contributed by atoms with Crippen molar-refractivity contribution in [1.82, 2.24) is 0 Å². The third-order valence-corrected chi connectivity index (χ3v) is 4.13. The first-order chi connectivity index (χ1) is 13.0. The van der Waals surface area contributed by atoms with Gasteiger partial charge in [-0.05, 0) is 47.0 Å². The zero-order valence-corrected chi connectivity index (χ0v) is 15.0. The molecule has 0 aromatic heterocycles. The average molecular weight is 378 g/mol. The maximum absolute atomic E-state index is 12.3. The molecule has 0 aliphatic rings. The summed E-state index contributed by atoms with van der Waals surface area (Å²) >= 11 is 5.92. The molecule has 0 aliphatic carbocycles. The third-order valence-electron chi connectivity index (χ3n) is 3.89. The summed E-state index contributed by atoms with van der Waals surface area (Å²) in [5.41, 5.74) is 2.78. The minimum atomic E-state index is -1.11. The smallest absolute Gasteiger partial charge is 0.337 e. The number of anilines is 1. The van der Waals surface area contributed by atoms with Crippen molar-refractivity contribution < 1.29 is 14.7 Å². The monoisotopic (exact) mass is 377 g/mol. The van der Waals surface area contributed by atoms with Crippen LogP contribution in [0, 0.1) is 0 Å². The number of nitrogens with one attached hydrogen (secondary N) is 1. The molecule has 0 unspecified atom stereocenters. The highest BCUT2D eigenvalue weighted by Crippen LogP contribution is 2.26. The molecular weight excluding hydrogens is 362 g/mol. The van der Waals surface area contributed by atoms with E-state index in [4.69, 9.17) is 11.6 Å². The summed E-state index contributed by atoms with van der Waals surface area (Å²) in [6, 6.07) is 21.5. The largest absolute Gasteiger partial charge is 0.478 e. The third kappa shape index (κ3) is 4.84. The highest BCUT2D eigenvalue weighted by atomic mass is 35.5. The van der Waals surface area contributed by atoms with Gasteiger partial charge < -0.3 is 10.4 Å². The van der Waals surface area contributed by atoms with Gasteiger partial charge in [0.15, 0.2) is 0 Å². The van der Waals surface area contributed by atoms with E-state index in [2.05, 4.69) is 5.32 Å². The van der Waals surface area contributed by atoms with Crippen LogP contribution in [0.1, 0.15) is 15.9 Å². The fourth-order valence-corrected chi connectivity index (χ4v) is 2.80. The molecule has 3 rings (SSSR count). The van der Waals surface area contributed by atoms with Crippen LogP contribution in [0.2, 0.25) is 5.02 Å². The van der Waals surface area contributed by atoms with Crippen LogP contribution in [0.25, 0.3) is 17.2 Å². The first-order valence-electron chi connectivity index (χ1n) is 8.20. The Kier molecular flexibility index (Phi) is 5.69. The molecular formula is C22H16ClNO3. The molecule has 5 heteroatoms. The maximum atomic E-state index is 12.3. The van der Waals surface area contributed by atoms with E-state index in [9.17, 15) is 14.7 Å². The van der Waals surface area contributed by atoms with Crippen LogP contribution in [0.5, 0.6) is 0 Å². The Hall–Kier alpha value is -3.37. The van der Waals surface area contributed by atoms with Crippen molar-refractivity contribution in [1.29, 1.82) is 0 Å². The zero-order chi connectivity index (χ0) is 19.2. The molecule has 0 saturated carbocycles. The van der Waals surface area contributed by atoms with Gasteiger partial charge in [0.05, 0.1) is 11.3 Å². The second-order valence-corrected chi connectivity index (χ2v) is 6.25. The first kappa shape index (κ1) is 18.4. The second-order valence-electron chi connectivity index (χ2n) is 5.81. The van der Waals surface area contributed by atoms with E-state index >= 15 is 0 Å². The predicted molar refractivity (Wildman–Crippen MR) is 108 cm³/mol. The van der Waals surface area contributed by atoms with Crippen molar-refractivity contribution in [2.45, 2.75) is 0 Å². The number of carboxylic acids is 1. The fraction of sp³-hybridized carbons (Fsp3) is 0. The van der Waals surface area contributed by atoms with Gasteiger partial charge in [-0.2, -0.15) is 0 Å². The van der Waals surface area contributed by atoms with E-state index in [1.54, 1.807) is 36.4 Å². The molecule has 1 amide bonds.